The second-order valence-electron chi connectivity index (χ2n) is 7.98. The lowest BCUT2D eigenvalue weighted by Crippen LogP contribution is -2.63. The Bertz CT molecular complexity index is 1200. The average molecular weight is 483 g/mol. The third-order valence-electron chi connectivity index (χ3n) is 5.67. The van der Waals surface area contributed by atoms with E-state index >= 15 is 0 Å². The zero-order valence-corrected chi connectivity index (χ0v) is 18.7. The van der Waals surface area contributed by atoms with Crippen LogP contribution < -0.4 is 0 Å². The van der Waals surface area contributed by atoms with Crippen molar-refractivity contribution in [2.75, 3.05) is 6.61 Å². The Kier molecular flexibility index (Phi) is 7.26. The van der Waals surface area contributed by atoms with Crippen LogP contribution >= 0.6 is 11.6 Å². The summed E-state index contributed by atoms with van der Waals surface area (Å²) in [5.41, 5.74) is 3.06. The molecule has 176 valence electrons. The molecule has 9 heteroatoms. The van der Waals surface area contributed by atoms with E-state index in [1.165, 1.54) is 6.07 Å². The van der Waals surface area contributed by atoms with Crippen LogP contribution in [0.5, 0.6) is 0 Å². The number of halogens is 1. The van der Waals surface area contributed by atoms with E-state index in [0.717, 1.165) is 11.1 Å². The molecular formula is C25H23ClN2O6. The summed E-state index contributed by atoms with van der Waals surface area (Å²) in [5.74, 6) is 3.62. The molecule has 8 nitrogen and oxygen atoms in total. The van der Waals surface area contributed by atoms with E-state index in [4.69, 9.17) is 16.3 Å². The van der Waals surface area contributed by atoms with E-state index in [2.05, 4.69) is 21.8 Å². The fraction of sp³-hybridized carbons (Fsp3) is 0.280. The van der Waals surface area contributed by atoms with Crippen molar-refractivity contribution in [2.24, 2.45) is 0 Å². The van der Waals surface area contributed by atoms with Gasteiger partial charge in [-0.3, -0.25) is 4.98 Å². The summed E-state index contributed by atoms with van der Waals surface area (Å²) < 4.78 is 5.41. The fourth-order valence-corrected chi connectivity index (χ4v) is 3.94. The second-order valence-corrected chi connectivity index (χ2v) is 8.39. The molecule has 3 aromatic rings. The zero-order chi connectivity index (χ0) is 24.3. The van der Waals surface area contributed by atoms with E-state index in [1.807, 2.05) is 24.3 Å². The number of hydrogen-bond donors (Lipinski definition) is 5. The minimum Gasteiger partial charge on any atom is -0.394 e. The van der Waals surface area contributed by atoms with Crippen LogP contribution in [0.1, 0.15) is 27.9 Å². The van der Waals surface area contributed by atoms with Crippen LogP contribution in [0.2, 0.25) is 5.02 Å². The van der Waals surface area contributed by atoms with Gasteiger partial charge in [0.2, 0.25) is 5.79 Å². The predicted molar refractivity (Wildman–Crippen MR) is 123 cm³/mol. The number of benzene rings is 2. The van der Waals surface area contributed by atoms with Crippen molar-refractivity contribution >= 4 is 11.6 Å². The molecule has 34 heavy (non-hydrogen) atoms. The number of rotatable bonds is 4. The highest BCUT2D eigenvalue weighted by atomic mass is 35.5. The SMILES string of the molecule is OC[C@H]1O[C@](O)(c2ccc(Cl)c(Cc3ccc(C#Cc4cnccn4)cc3)c2)[C@H](O)[C@@H](O)[C@@H]1O. The van der Waals surface area contributed by atoms with Crippen LogP contribution in [0, 0.1) is 11.8 Å². The Hall–Kier alpha value is -2.87. The van der Waals surface area contributed by atoms with Gasteiger partial charge in [0.25, 0.3) is 0 Å². The smallest absolute Gasteiger partial charge is 0.222 e. The second kappa shape index (κ2) is 10.2. The largest absolute Gasteiger partial charge is 0.394 e. The van der Waals surface area contributed by atoms with E-state index in [-0.39, 0.29) is 5.56 Å². The van der Waals surface area contributed by atoms with Gasteiger partial charge in [0.05, 0.1) is 12.8 Å². The summed E-state index contributed by atoms with van der Waals surface area (Å²) in [6.45, 7) is -0.653. The first kappa shape index (κ1) is 24.3. The molecule has 1 aliphatic rings. The highest BCUT2D eigenvalue weighted by Gasteiger charge is 2.53. The summed E-state index contributed by atoms with van der Waals surface area (Å²) >= 11 is 6.37. The lowest BCUT2D eigenvalue weighted by atomic mass is 9.87. The van der Waals surface area contributed by atoms with Crippen LogP contribution in [0.3, 0.4) is 0 Å². The molecule has 0 amide bonds. The molecular weight excluding hydrogens is 460 g/mol. The number of nitrogens with zero attached hydrogens (tertiary/aromatic N) is 2. The molecule has 2 heterocycles. The van der Waals surface area contributed by atoms with Crippen molar-refractivity contribution in [3.05, 3.63) is 94.0 Å². The van der Waals surface area contributed by atoms with Gasteiger partial charge < -0.3 is 30.3 Å². The number of ether oxygens (including phenoxy) is 1. The van der Waals surface area contributed by atoms with Gasteiger partial charge in [-0.2, -0.15) is 0 Å². The summed E-state index contributed by atoms with van der Waals surface area (Å²) in [6, 6.07) is 12.1. The highest BCUT2D eigenvalue weighted by Crippen LogP contribution is 2.37. The number of hydrogen-bond acceptors (Lipinski definition) is 8. The van der Waals surface area contributed by atoms with Crippen LogP contribution in [-0.2, 0) is 16.9 Å². The topological polar surface area (TPSA) is 136 Å². The molecule has 2 aromatic carbocycles. The predicted octanol–water partition coefficient (Wildman–Crippen LogP) is 0.739. The summed E-state index contributed by atoms with van der Waals surface area (Å²) in [4.78, 5) is 8.09. The molecule has 5 atom stereocenters. The molecule has 5 N–H and O–H groups in total. The molecule has 1 saturated heterocycles. The number of aliphatic hydroxyl groups excluding tert-OH is 4. The molecule has 1 aromatic heterocycles. The van der Waals surface area contributed by atoms with Gasteiger partial charge in [0.1, 0.15) is 30.1 Å². The Morgan fingerprint density at radius 2 is 1.76 bits per heavy atom. The van der Waals surface area contributed by atoms with Gasteiger partial charge >= 0.3 is 0 Å². The maximum absolute atomic E-state index is 11.0. The highest BCUT2D eigenvalue weighted by molar-refractivity contribution is 6.31. The van der Waals surface area contributed by atoms with Crippen molar-refractivity contribution in [2.45, 2.75) is 36.6 Å². The molecule has 0 aliphatic carbocycles. The van der Waals surface area contributed by atoms with Crippen LogP contribution in [0.25, 0.3) is 0 Å². The van der Waals surface area contributed by atoms with Crippen molar-refractivity contribution in [3.8, 4) is 11.8 Å². The summed E-state index contributed by atoms with van der Waals surface area (Å²) in [6.07, 6.45) is -1.25. The first-order valence-corrected chi connectivity index (χ1v) is 10.9. The molecule has 4 rings (SSSR count). The fourth-order valence-electron chi connectivity index (χ4n) is 3.75. The quantitative estimate of drug-likeness (QED) is 0.343. The monoisotopic (exact) mass is 482 g/mol. The molecule has 0 unspecified atom stereocenters. The van der Waals surface area contributed by atoms with Gasteiger partial charge in [0.15, 0.2) is 0 Å². The minimum atomic E-state index is -2.34. The van der Waals surface area contributed by atoms with Gasteiger partial charge in [-0.1, -0.05) is 35.7 Å². The maximum atomic E-state index is 11.0. The molecule has 0 spiro atoms. The van der Waals surface area contributed by atoms with E-state index < -0.39 is 36.8 Å². The van der Waals surface area contributed by atoms with Gasteiger partial charge in [0, 0.05) is 28.5 Å². The summed E-state index contributed by atoms with van der Waals surface area (Å²) in [5, 5.41) is 51.5. The Morgan fingerprint density at radius 3 is 2.44 bits per heavy atom. The Labute approximate surface area is 201 Å². The molecule has 0 radical (unpaired) electrons. The lowest BCUT2D eigenvalue weighted by molar-refractivity contribution is -0.357. The first-order chi connectivity index (χ1) is 16.3. The normalized spacial score (nSPS) is 26.5. The molecule has 0 bridgehead atoms. The van der Waals surface area contributed by atoms with Crippen LogP contribution in [0.4, 0.5) is 0 Å². The van der Waals surface area contributed by atoms with Crippen molar-refractivity contribution in [1.29, 1.82) is 0 Å². The summed E-state index contributed by atoms with van der Waals surface area (Å²) in [7, 11) is 0. The van der Waals surface area contributed by atoms with Gasteiger partial charge in [-0.15, -0.1) is 0 Å². The van der Waals surface area contributed by atoms with Gasteiger partial charge in [-0.25, -0.2) is 4.98 Å². The Balaban J connectivity index is 1.55. The van der Waals surface area contributed by atoms with Crippen molar-refractivity contribution < 1.29 is 30.3 Å². The zero-order valence-electron chi connectivity index (χ0n) is 17.9. The lowest BCUT2D eigenvalue weighted by Gasteiger charge is -2.45. The number of aromatic nitrogens is 2. The number of aliphatic hydroxyl groups is 5. The molecule has 1 aliphatic heterocycles. The van der Waals surface area contributed by atoms with Crippen molar-refractivity contribution in [1.82, 2.24) is 9.97 Å². The van der Waals surface area contributed by atoms with Crippen LogP contribution in [-0.4, -0.2) is 66.5 Å². The third-order valence-corrected chi connectivity index (χ3v) is 6.04. The average Bonchev–Trinajstić information content (AvgIpc) is 2.86. The van der Waals surface area contributed by atoms with Crippen LogP contribution in [0.15, 0.2) is 61.1 Å². The van der Waals surface area contributed by atoms with E-state index in [9.17, 15) is 25.5 Å². The minimum absolute atomic E-state index is 0.134. The third kappa shape index (κ3) is 4.97. The van der Waals surface area contributed by atoms with Gasteiger partial charge in [-0.05, 0) is 47.7 Å². The van der Waals surface area contributed by atoms with E-state index in [0.29, 0.717) is 22.7 Å². The molecule has 1 fully saturated rings. The first-order valence-electron chi connectivity index (χ1n) is 10.5. The maximum Gasteiger partial charge on any atom is 0.222 e. The van der Waals surface area contributed by atoms with E-state index in [1.54, 1.807) is 30.7 Å². The Morgan fingerprint density at radius 1 is 1.00 bits per heavy atom. The molecule has 0 saturated carbocycles. The standard InChI is InChI=1S/C25H23ClN2O6/c26-20-8-6-18(25(33)24(32)23(31)22(30)21(14-29)34-25)12-17(20)11-16-3-1-15(2-4-16)5-7-19-13-27-9-10-28-19/h1-4,6,8-10,12-13,21-24,29-33H,11,14H2/t21-,22-,23+,24-,25-/m1/s1. The van der Waals surface area contributed by atoms with Crippen molar-refractivity contribution in [3.63, 3.8) is 0 Å².